The molecule has 0 aliphatic rings. The number of aromatic nitrogens is 2. The number of rotatable bonds is 3. The van der Waals surface area contributed by atoms with Gasteiger partial charge in [0.2, 0.25) is 11.8 Å². The fourth-order valence-corrected chi connectivity index (χ4v) is 1.96. The molecule has 0 saturated heterocycles. The Morgan fingerprint density at radius 1 is 1.44 bits per heavy atom. The van der Waals surface area contributed by atoms with Gasteiger partial charge in [-0.25, -0.2) is 4.98 Å². The summed E-state index contributed by atoms with van der Waals surface area (Å²) in [5, 5.41) is 0.728. The van der Waals surface area contributed by atoms with E-state index in [2.05, 4.69) is 25.9 Å². The summed E-state index contributed by atoms with van der Waals surface area (Å²) >= 11 is 9.35. The van der Waals surface area contributed by atoms with Crippen LogP contribution in [0.3, 0.4) is 0 Å². The third-order valence-electron chi connectivity index (χ3n) is 2.34. The summed E-state index contributed by atoms with van der Waals surface area (Å²) in [6.07, 6.45) is 2.39. The summed E-state index contributed by atoms with van der Waals surface area (Å²) in [5.74, 6) is 1.21. The van der Waals surface area contributed by atoms with Gasteiger partial charge in [-0.2, -0.15) is 4.98 Å². The first-order valence-corrected chi connectivity index (χ1v) is 6.51. The van der Waals surface area contributed by atoms with Crippen molar-refractivity contribution < 1.29 is 4.74 Å². The number of hydrogen-bond donors (Lipinski definition) is 1. The third kappa shape index (κ3) is 2.91. The van der Waals surface area contributed by atoms with Crippen LogP contribution in [0.5, 0.6) is 11.6 Å². The van der Waals surface area contributed by atoms with Crippen LogP contribution in [0.2, 0.25) is 5.02 Å². The SMILES string of the molecule is CCc1cc(Oc2nc(N)ncc2Br)ccc1Cl. The van der Waals surface area contributed by atoms with Gasteiger partial charge >= 0.3 is 0 Å². The molecule has 0 fully saturated rings. The highest BCUT2D eigenvalue weighted by atomic mass is 79.9. The predicted molar refractivity (Wildman–Crippen MR) is 75.0 cm³/mol. The first kappa shape index (κ1) is 13.1. The first-order chi connectivity index (χ1) is 8.60. The van der Waals surface area contributed by atoms with Gasteiger partial charge in [0.15, 0.2) is 0 Å². The normalized spacial score (nSPS) is 10.4. The number of anilines is 1. The number of ether oxygens (including phenoxy) is 1. The fraction of sp³-hybridized carbons (Fsp3) is 0.167. The number of halogens is 2. The second-order valence-corrected chi connectivity index (χ2v) is 4.85. The second kappa shape index (κ2) is 5.54. The van der Waals surface area contributed by atoms with Crippen molar-refractivity contribution in [1.82, 2.24) is 9.97 Å². The lowest BCUT2D eigenvalue weighted by Gasteiger charge is -2.08. The van der Waals surface area contributed by atoms with Crippen LogP contribution < -0.4 is 10.5 Å². The summed E-state index contributed by atoms with van der Waals surface area (Å²) in [7, 11) is 0. The van der Waals surface area contributed by atoms with Gasteiger partial charge in [0.05, 0.1) is 10.7 Å². The molecule has 4 nitrogen and oxygen atoms in total. The molecular weight excluding hydrogens is 318 g/mol. The Kier molecular flexibility index (Phi) is 4.04. The molecule has 2 N–H and O–H groups in total. The topological polar surface area (TPSA) is 61.0 Å². The average Bonchev–Trinajstić information content (AvgIpc) is 2.36. The van der Waals surface area contributed by atoms with Crippen molar-refractivity contribution in [3.8, 4) is 11.6 Å². The number of aryl methyl sites for hydroxylation is 1. The van der Waals surface area contributed by atoms with E-state index < -0.39 is 0 Å². The molecule has 1 heterocycles. The average molecular weight is 329 g/mol. The molecule has 0 amide bonds. The molecule has 0 atom stereocenters. The Balaban J connectivity index is 2.31. The van der Waals surface area contributed by atoms with E-state index in [9.17, 15) is 0 Å². The minimum atomic E-state index is 0.165. The largest absolute Gasteiger partial charge is 0.438 e. The van der Waals surface area contributed by atoms with E-state index in [0.29, 0.717) is 16.1 Å². The van der Waals surface area contributed by atoms with Gasteiger partial charge in [0.1, 0.15) is 5.75 Å². The molecule has 0 aliphatic carbocycles. The molecule has 1 aromatic heterocycles. The molecule has 0 radical (unpaired) electrons. The van der Waals surface area contributed by atoms with Crippen molar-refractivity contribution in [2.75, 3.05) is 5.73 Å². The van der Waals surface area contributed by atoms with E-state index in [1.165, 1.54) is 0 Å². The zero-order valence-electron chi connectivity index (χ0n) is 9.65. The van der Waals surface area contributed by atoms with Gasteiger partial charge in [-0.1, -0.05) is 18.5 Å². The maximum absolute atomic E-state index is 6.05. The smallest absolute Gasteiger partial charge is 0.238 e. The van der Waals surface area contributed by atoms with Crippen molar-refractivity contribution in [1.29, 1.82) is 0 Å². The van der Waals surface area contributed by atoms with E-state index in [-0.39, 0.29) is 5.95 Å². The predicted octanol–water partition coefficient (Wildman–Crippen LogP) is 3.83. The van der Waals surface area contributed by atoms with Gasteiger partial charge in [-0.3, -0.25) is 0 Å². The monoisotopic (exact) mass is 327 g/mol. The van der Waals surface area contributed by atoms with E-state index in [1.54, 1.807) is 18.3 Å². The molecular formula is C12H11BrClN3O. The lowest BCUT2D eigenvalue weighted by Crippen LogP contribution is -1.97. The molecule has 1 aromatic carbocycles. The minimum Gasteiger partial charge on any atom is -0.438 e. The second-order valence-electron chi connectivity index (χ2n) is 3.59. The van der Waals surface area contributed by atoms with Gasteiger partial charge in [0.25, 0.3) is 0 Å². The Morgan fingerprint density at radius 3 is 2.94 bits per heavy atom. The van der Waals surface area contributed by atoms with Crippen LogP contribution in [0.1, 0.15) is 12.5 Å². The van der Waals surface area contributed by atoms with Gasteiger partial charge in [0, 0.05) is 5.02 Å². The van der Waals surface area contributed by atoms with E-state index >= 15 is 0 Å². The molecule has 18 heavy (non-hydrogen) atoms. The number of nitrogens with zero attached hydrogens (tertiary/aromatic N) is 2. The van der Waals surface area contributed by atoms with Crippen molar-refractivity contribution >= 4 is 33.5 Å². The summed E-state index contributed by atoms with van der Waals surface area (Å²) in [6.45, 7) is 2.03. The van der Waals surface area contributed by atoms with E-state index in [1.807, 2.05) is 13.0 Å². The highest BCUT2D eigenvalue weighted by Crippen LogP contribution is 2.29. The lowest BCUT2D eigenvalue weighted by molar-refractivity contribution is 0.458. The molecule has 2 aromatic rings. The summed E-state index contributed by atoms with van der Waals surface area (Å²) < 4.78 is 6.29. The molecule has 0 aliphatic heterocycles. The van der Waals surface area contributed by atoms with Crippen molar-refractivity contribution in [2.45, 2.75) is 13.3 Å². The zero-order chi connectivity index (χ0) is 13.1. The Bertz CT molecular complexity index is 577. The highest BCUT2D eigenvalue weighted by molar-refractivity contribution is 9.10. The van der Waals surface area contributed by atoms with Crippen molar-refractivity contribution in [2.24, 2.45) is 0 Å². The maximum atomic E-state index is 6.05. The van der Waals surface area contributed by atoms with Crippen LogP contribution in [-0.4, -0.2) is 9.97 Å². The molecule has 94 valence electrons. The standard InChI is InChI=1S/C12H11BrClN3O/c1-2-7-5-8(3-4-10(7)14)18-11-9(13)6-16-12(15)17-11/h3-6H,2H2,1H3,(H2,15,16,17). The fourth-order valence-electron chi connectivity index (χ4n) is 1.43. The Hall–Kier alpha value is -1.33. The number of nitrogen functional groups attached to an aromatic ring is 1. The molecule has 2 rings (SSSR count). The quantitative estimate of drug-likeness (QED) is 0.930. The van der Waals surface area contributed by atoms with Crippen molar-refractivity contribution in [3.63, 3.8) is 0 Å². The van der Waals surface area contributed by atoms with Crippen LogP contribution in [0.15, 0.2) is 28.9 Å². The van der Waals surface area contributed by atoms with Gasteiger partial charge < -0.3 is 10.5 Å². The molecule has 6 heteroatoms. The van der Waals surface area contributed by atoms with Crippen LogP contribution >= 0.6 is 27.5 Å². The number of hydrogen-bond acceptors (Lipinski definition) is 4. The third-order valence-corrected chi connectivity index (χ3v) is 3.26. The molecule has 0 bridgehead atoms. The Labute approximate surface area is 118 Å². The molecule has 0 spiro atoms. The summed E-state index contributed by atoms with van der Waals surface area (Å²) in [6, 6.07) is 5.47. The van der Waals surface area contributed by atoms with Gasteiger partial charge in [-0.05, 0) is 46.1 Å². The summed E-state index contributed by atoms with van der Waals surface area (Å²) in [4.78, 5) is 7.86. The number of benzene rings is 1. The Morgan fingerprint density at radius 2 is 2.22 bits per heavy atom. The first-order valence-electron chi connectivity index (χ1n) is 5.34. The van der Waals surface area contributed by atoms with Crippen LogP contribution in [0.4, 0.5) is 5.95 Å². The zero-order valence-corrected chi connectivity index (χ0v) is 12.0. The summed E-state index contributed by atoms with van der Waals surface area (Å²) in [5.41, 5.74) is 6.54. The maximum Gasteiger partial charge on any atom is 0.238 e. The van der Waals surface area contributed by atoms with E-state index in [4.69, 9.17) is 22.1 Å². The van der Waals surface area contributed by atoms with Crippen molar-refractivity contribution in [3.05, 3.63) is 39.5 Å². The highest BCUT2D eigenvalue weighted by Gasteiger charge is 2.07. The van der Waals surface area contributed by atoms with Gasteiger partial charge in [-0.15, -0.1) is 0 Å². The van der Waals surface area contributed by atoms with Crippen LogP contribution in [-0.2, 0) is 6.42 Å². The van der Waals surface area contributed by atoms with Crippen LogP contribution in [0, 0.1) is 0 Å². The molecule has 0 saturated carbocycles. The minimum absolute atomic E-state index is 0.165. The molecule has 0 unspecified atom stereocenters. The lowest BCUT2D eigenvalue weighted by atomic mass is 10.1. The van der Waals surface area contributed by atoms with E-state index in [0.717, 1.165) is 17.0 Å². The number of nitrogens with two attached hydrogens (primary N) is 1. The van der Waals surface area contributed by atoms with Crippen LogP contribution in [0.25, 0.3) is 0 Å².